The third-order valence-corrected chi connectivity index (χ3v) is 5.90. The molecule has 10 nitrogen and oxygen atoms in total. The van der Waals surface area contributed by atoms with E-state index in [1.807, 2.05) is 6.92 Å². The highest BCUT2D eigenvalue weighted by atomic mass is 31.2. The smallest absolute Gasteiger partial charge is 0.354 e. The van der Waals surface area contributed by atoms with Crippen LogP contribution in [0.15, 0.2) is 0 Å². The molecule has 12 heteroatoms. The first-order valence-electron chi connectivity index (χ1n) is 6.33. The van der Waals surface area contributed by atoms with Crippen LogP contribution in [0.5, 0.6) is 0 Å². The predicted octanol–water partition coefficient (Wildman–Crippen LogP) is 0.916. The zero-order chi connectivity index (χ0) is 16.8. The lowest BCUT2D eigenvalue weighted by molar-refractivity contribution is 0.284. The molecule has 0 unspecified atom stereocenters. The van der Waals surface area contributed by atoms with Crippen LogP contribution in [-0.4, -0.2) is 49.9 Å². The van der Waals surface area contributed by atoms with Crippen molar-refractivity contribution in [2.75, 3.05) is 40.3 Å². The van der Waals surface area contributed by atoms with Gasteiger partial charge in [-0.15, -0.1) is 0 Å². The van der Waals surface area contributed by atoms with Gasteiger partial charge in [0.15, 0.2) is 0 Å². The Morgan fingerprint density at radius 3 is 1.59 bits per heavy atom. The Hall–Kier alpha value is -0.890. The van der Waals surface area contributed by atoms with Gasteiger partial charge in [-0.3, -0.25) is 9.13 Å². The average molecular weight is 354 g/mol. The molecule has 0 aliphatic rings. The van der Waals surface area contributed by atoms with Gasteiger partial charge in [0.1, 0.15) is 0 Å². The zero-order valence-electron chi connectivity index (χ0n) is 13.1. The standard InChI is InChI=1S/C10H20N4O6P2/c1-6-7-11-8-12-9(21(15,17-2)18-3)14-10(13-8)22(16,19-4)20-5/h6-7H2,1-5H3,(H,11,12,13,14). The number of nitrogens with one attached hydrogen (secondary N) is 1. The summed E-state index contributed by atoms with van der Waals surface area (Å²) >= 11 is 0. The summed E-state index contributed by atoms with van der Waals surface area (Å²) in [6.45, 7) is 2.50. The lowest BCUT2D eigenvalue weighted by Crippen LogP contribution is -2.30. The maximum Gasteiger partial charge on any atom is 0.398 e. The molecule has 1 heterocycles. The van der Waals surface area contributed by atoms with E-state index >= 15 is 0 Å². The summed E-state index contributed by atoms with van der Waals surface area (Å²) in [6.07, 6.45) is 0.800. The summed E-state index contributed by atoms with van der Waals surface area (Å²) in [5, 5.41) is 2.89. The summed E-state index contributed by atoms with van der Waals surface area (Å²) < 4.78 is 44.3. The first-order valence-corrected chi connectivity index (χ1v) is 9.41. The van der Waals surface area contributed by atoms with E-state index in [0.29, 0.717) is 6.54 Å². The highest BCUT2D eigenvalue weighted by Crippen LogP contribution is 2.46. The SMILES string of the molecule is CCCNc1nc(P(=O)(OC)OC)nc(P(=O)(OC)OC)n1. The molecule has 126 valence electrons. The maximum atomic E-state index is 12.4. The molecule has 0 atom stereocenters. The van der Waals surface area contributed by atoms with Crippen molar-refractivity contribution in [2.24, 2.45) is 0 Å². The monoisotopic (exact) mass is 354 g/mol. The van der Waals surface area contributed by atoms with E-state index in [-0.39, 0.29) is 17.1 Å². The number of anilines is 1. The molecule has 0 saturated heterocycles. The molecular weight excluding hydrogens is 334 g/mol. The predicted molar refractivity (Wildman–Crippen MR) is 81.1 cm³/mol. The van der Waals surface area contributed by atoms with Gasteiger partial charge in [0.25, 0.3) is 0 Å². The van der Waals surface area contributed by atoms with E-state index in [0.717, 1.165) is 6.42 Å². The molecule has 1 rings (SSSR count). The Balaban J connectivity index is 3.46. The molecule has 22 heavy (non-hydrogen) atoms. The second kappa shape index (κ2) is 8.10. The van der Waals surface area contributed by atoms with Gasteiger partial charge < -0.3 is 23.4 Å². The van der Waals surface area contributed by atoms with Crippen molar-refractivity contribution in [1.29, 1.82) is 0 Å². The van der Waals surface area contributed by atoms with Gasteiger partial charge >= 0.3 is 15.2 Å². The molecule has 0 spiro atoms. The topological polar surface area (TPSA) is 122 Å². The van der Waals surface area contributed by atoms with Crippen LogP contribution in [0, 0.1) is 0 Å². The van der Waals surface area contributed by atoms with Gasteiger partial charge in [0.05, 0.1) is 0 Å². The van der Waals surface area contributed by atoms with Crippen molar-refractivity contribution in [3.8, 4) is 0 Å². The molecular formula is C10H20N4O6P2. The van der Waals surface area contributed by atoms with E-state index < -0.39 is 15.2 Å². The highest BCUT2D eigenvalue weighted by molar-refractivity contribution is 7.62. The quantitative estimate of drug-likeness (QED) is 0.640. The molecule has 1 aromatic rings. The van der Waals surface area contributed by atoms with E-state index in [9.17, 15) is 9.13 Å². The van der Waals surface area contributed by atoms with Gasteiger partial charge in [0.2, 0.25) is 17.1 Å². The Morgan fingerprint density at radius 1 is 0.864 bits per heavy atom. The minimum absolute atomic E-state index is 0.0745. The van der Waals surface area contributed by atoms with Crippen LogP contribution in [0.2, 0.25) is 0 Å². The Morgan fingerprint density at radius 2 is 1.27 bits per heavy atom. The molecule has 0 radical (unpaired) electrons. The largest absolute Gasteiger partial charge is 0.398 e. The van der Waals surface area contributed by atoms with Gasteiger partial charge in [-0.1, -0.05) is 6.92 Å². The second-order valence-electron chi connectivity index (χ2n) is 3.91. The summed E-state index contributed by atoms with van der Waals surface area (Å²) in [6, 6.07) is 0. The first-order chi connectivity index (χ1) is 10.4. The van der Waals surface area contributed by atoms with Crippen LogP contribution in [0.3, 0.4) is 0 Å². The fraction of sp³-hybridized carbons (Fsp3) is 0.700. The molecule has 1 N–H and O–H groups in total. The third-order valence-electron chi connectivity index (χ3n) is 2.60. The maximum absolute atomic E-state index is 12.4. The molecule has 0 saturated carbocycles. The molecule has 0 aliphatic carbocycles. The van der Waals surface area contributed by atoms with Gasteiger partial charge in [0, 0.05) is 35.0 Å². The Bertz CT molecular complexity index is 539. The highest BCUT2D eigenvalue weighted by Gasteiger charge is 2.35. The minimum Gasteiger partial charge on any atom is -0.354 e. The van der Waals surface area contributed by atoms with Crippen molar-refractivity contribution in [3.63, 3.8) is 0 Å². The molecule has 0 amide bonds. The average Bonchev–Trinajstić information content (AvgIpc) is 2.58. The van der Waals surface area contributed by atoms with E-state index in [1.165, 1.54) is 28.4 Å². The van der Waals surface area contributed by atoms with Crippen molar-refractivity contribution < 1.29 is 27.2 Å². The Labute approximate surface area is 129 Å². The van der Waals surface area contributed by atoms with Gasteiger partial charge in [-0.25, -0.2) is 0 Å². The van der Waals surface area contributed by atoms with Crippen molar-refractivity contribution >= 4 is 32.3 Å². The normalized spacial score (nSPS) is 12.4. The van der Waals surface area contributed by atoms with Crippen LogP contribution in [0.25, 0.3) is 0 Å². The molecule has 0 fully saturated rings. The van der Waals surface area contributed by atoms with Crippen LogP contribution in [-0.2, 0) is 27.2 Å². The summed E-state index contributed by atoms with van der Waals surface area (Å²) in [5.74, 6) is 0.0745. The Kier molecular flexibility index (Phi) is 7.05. The summed E-state index contributed by atoms with van der Waals surface area (Å²) in [4.78, 5) is 11.9. The van der Waals surface area contributed by atoms with Gasteiger partial charge in [-0.05, 0) is 6.42 Å². The lowest BCUT2D eigenvalue weighted by Gasteiger charge is -2.16. The molecule has 0 aromatic carbocycles. The lowest BCUT2D eigenvalue weighted by atomic mass is 10.5. The number of rotatable bonds is 9. The number of nitrogens with zero attached hydrogens (tertiary/aromatic N) is 3. The number of hydrogen-bond acceptors (Lipinski definition) is 10. The van der Waals surface area contributed by atoms with Crippen molar-refractivity contribution in [2.45, 2.75) is 13.3 Å². The van der Waals surface area contributed by atoms with Crippen LogP contribution < -0.4 is 16.4 Å². The van der Waals surface area contributed by atoms with E-state index in [2.05, 4.69) is 20.3 Å². The minimum atomic E-state index is -3.74. The first kappa shape index (κ1) is 19.2. The molecule has 1 aromatic heterocycles. The fourth-order valence-corrected chi connectivity index (χ4v) is 3.29. The van der Waals surface area contributed by atoms with E-state index in [1.54, 1.807) is 0 Å². The zero-order valence-corrected chi connectivity index (χ0v) is 14.9. The number of hydrogen-bond donors (Lipinski definition) is 1. The van der Waals surface area contributed by atoms with Crippen molar-refractivity contribution in [1.82, 2.24) is 15.0 Å². The second-order valence-corrected chi connectivity index (χ2v) is 8.16. The van der Waals surface area contributed by atoms with Crippen LogP contribution >= 0.6 is 15.2 Å². The number of aromatic nitrogens is 3. The van der Waals surface area contributed by atoms with Crippen molar-refractivity contribution in [3.05, 3.63) is 0 Å². The van der Waals surface area contributed by atoms with Crippen LogP contribution in [0.1, 0.15) is 13.3 Å². The summed E-state index contributed by atoms with van der Waals surface area (Å²) in [7, 11) is -2.71. The fourth-order valence-electron chi connectivity index (χ4n) is 1.39. The summed E-state index contributed by atoms with van der Waals surface area (Å²) in [5.41, 5.74) is -0.564. The third kappa shape index (κ3) is 4.10. The van der Waals surface area contributed by atoms with Gasteiger partial charge in [-0.2, -0.15) is 15.0 Å². The van der Waals surface area contributed by atoms with E-state index in [4.69, 9.17) is 18.1 Å². The molecule has 0 bridgehead atoms. The molecule has 0 aliphatic heterocycles. The van der Waals surface area contributed by atoms with Crippen LogP contribution in [0.4, 0.5) is 5.95 Å².